The van der Waals surface area contributed by atoms with E-state index in [1.165, 1.54) is 17.0 Å². The molecule has 5 nitrogen and oxygen atoms in total. The Morgan fingerprint density at radius 3 is 2.94 bits per heavy atom. The molecule has 0 fully saturated rings. The number of hydrogen-bond acceptors (Lipinski definition) is 4. The fourth-order valence-corrected chi connectivity index (χ4v) is 6.31. The number of nitrogens with one attached hydrogen (secondary N) is 2. The first kappa shape index (κ1) is 22.1. The Morgan fingerprint density at radius 2 is 2.03 bits per heavy atom. The van der Waals surface area contributed by atoms with Gasteiger partial charge in [-0.2, -0.15) is 0 Å². The Kier molecular flexibility index (Phi) is 5.70. The molecule has 0 radical (unpaired) electrons. The molecule has 0 unspecified atom stereocenters. The van der Waals surface area contributed by atoms with Crippen molar-refractivity contribution in [2.24, 2.45) is 0 Å². The summed E-state index contributed by atoms with van der Waals surface area (Å²) in [6.45, 7) is 0.838. The molecule has 2 aromatic carbocycles. The van der Waals surface area contributed by atoms with Crippen molar-refractivity contribution in [3.8, 4) is 0 Å². The third-order valence-corrected chi connectivity index (χ3v) is 8.11. The van der Waals surface area contributed by atoms with Gasteiger partial charge in [-0.25, -0.2) is 13.8 Å². The van der Waals surface area contributed by atoms with Gasteiger partial charge in [0.25, 0.3) is 5.56 Å². The number of aromatic nitrogens is 3. The Morgan fingerprint density at radius 1 is 1.14 bits per heavy atom. The molecule has 1 aliphatic rings. The largest absolute Gasteiger partial charge is 0.361 e. The molecule has 2 N–H and O–H groups in total. The highest BCUT2D eigenvalue weighted by Crippen LogP contribution is 2.34. The summed E-state index contributed by atoms with van der Waals surface area (Å²) in [5, 5.41) is 5.28. The molecule has 3 aromatic heterocycles. The van der Waals surface area contributed by atoms with Crippen molar-refractivity contribution >= 4 is 32.5 Å². The number of aryl methyl sites for hydroxylation is 3. The number of benzene rings is 2. The van der Waals surface area contributed by atoms with Crippen molar-refractivity contribution < 1.29 is 8.78 Å². The van der Waals surface area contributed by atoms with Crippen molar-refractivity contribution in [2.45, 2.75) is 44.8 Å². The van der Waals surface area contributed by atoms with Crippen LogP contribution in [-0.4, -0.2) is 20.6 Å². The van der Waals surface area contributed by atoms with Crippen molar-refractivity contribution in [3.05, 3.63) is 98.5 Å². The van der Waals surface area contributed by atoms with Gasteiger partial charge in [-0.15, -0.1) is 11.3 Å². The highest BCUT2D eigenvalue weighted by atomic mass is 32.1. The van der Waals surface area contributed by atoms with E-state index >= 15 is 0 Å². The van der Waals surface area contributed by atoms with Crippen LogP contribution in [0.15, 0.2) is 59.8 Å². The standard InChI is InChI=1S/C27H24F2N4OS/c28-21-6-3-4-17(25(21)29)14-30-18-8-9-20-23(12-18)35-26-24(20)27(34)33(15-32-26)11-10-16-13-31-22-7-2-1-5-19(16)22/h1-7,13,15,18,30-31H,8-12,14H2/t18-/m1/s1. The molecule has 8 heteroatoms. The van der Waals surface area contributed by atoms with E-state index in [0.29, 0.717) is 12.1 Å². The van der Waals surface area contributed by atoms with Gasteiger partial charge in [-0.1, -0.05) is 30.3 Å². The van der Waals surface area contributed by atoms with E-state index in [9.17, 15) is 13.6 Å². The highest BCUT2D eigenvalue weighted by Gasteiger charge is 2.25. The normalized spacial score (nSPS) is 15.7. The van der Waals surface area contributed by atoms with Gasteiger partial charge in [0.1, 0.15) is 4.83 Å². The van der Waals surface area contributed by atoms with Crippen LogP contribution in [0, 0.1) is 11.6 Å². The minimum absolute atomic E-state index is 0.0144. The van der Waals surface area contributed by atoms with Gasteiger partial charge in [0, 0.05) is 46.7 Å². The summed E-state index contributed by atoms with van der Waals surface area (Å²) in [6.07, 6.45) is 6.76. The van der Waals surface area contributed by atoms with E-state index < -0.39 is 11.6 Å². The van der Waals surface area contributed by atoms with Gasteiger partial charge in [0.2, 0.25) is 0 Å². The number of halogens is 2. The summed E-state index contributed by atoms with van der Waals surface area (Å²) in [5.74, 6) is -1.62. The Balaban J connectivity index is 1.20. The van der Waals surface area contributed by atoms with Gasteiger partial charge in [0.05, 0.1) is 11.7 Å². The zero-order valence-electron chi connectivity index (χ0n) is 19.0. The fraction of sp³-hybridized carbons (Fsp3) is 0.259. The Labute approximate surface area is 204 Å². The number of hydrogen-bond donors (Lipinski definition) is 2. The molecule has 3 heterocycles. The van der Waals surface area contributed by atoms with E-state index in [1.54, 1.807) is 28.3 Å². The molecule has 35 heavy (non-hydrogen) atoms. The first-order valence-electron chi connectivity index (χ1n) is 11.8. The predicted molar refractivity (Wildman–Crippen MR) is 135 cm³/mol. The van der Waals surface area contributed by atoms with Gasteiger partial charge >= 0.3 is 0 Å². The van der Waals surface area contributed by atoms with Crippen LogP contribution >= 0.6 is 11.3 Å². The number of thiophene rings is 1. The second-order valence-corrected chi connectivity index (χ2v) is 10.2. The summed E-state index contributed by atoms with van der Waals surface area (Å²) in [4.78, 5) is 23.2. The summed E-state index contributed by atoms with van der Waals surface area (Å²) < 4.78 is 29.2. The molecule has 0 saturated carbocycles. The van der Waals surface area contributed by atoms with Crippen LogP contribution in [0.5, 0.6) is 0 Å². The van der Waals surface area contributed by atoms with Crippen LogP contribution in [0.4, 0.5) is 8.78 Å². The number of rotatable bonds is 6. The number of H-pyrrole nitrogens is 1. The van der Waals surface area contributed by atoms with E-state index in [2.05, 4.69) is 21.4 Å². The van der Waals surface area contributed by atoms with Crippen molar-refractivity contribution in [2.75, 3.05) is 0 Å². The first-order valence-corrected chi connectivity index (χ1v) is 12.6. The van der Waals surface area contributed by atoms with E-state index in [4.69, 9.17) is 0 Å². The SMILES string of the molecule is O=c1c2c3c(sc2ncn1CCc1c[nH]c2ccccc12)C[C@H](NCc1cccc(F)c1F)CC3. The molecule has 0 saturated heterocycles. The maximum atomic E-state index is 14.0. The molecule has 6 rings (SSSR count). The van der Waals surface area contributed by atoms with Crippen molar-refractivity contribution in [3.63, 3.8) is 0 Å². The minimum atomic E-state index is -0.827. The Bertz CT molecular complexity index is 1600. The molecule has 1 aliphatic carbocycles. The van der Waals surface area contributed by atoms with E-state index in [0.717, 1.165) is 57.9 Å². The van der Waals surface area contributed by atoms with Crippen molar-refractivity contribution in [1.82, 2.24) is 19.9 Å². The minimum Gasteiger partial charge on any atom is -0.361 e. The van der Waals surface area contributed by atoms with Gasteiger partial charge < -0.3 is 10.3 Å². The topological polar surface area (TPSA) is 62.7 Å². The fourth-order valence-electron chi connectivity index (χ4n) is 5.05. The van der Waals surface area contributed by atoms with E-state index in [-0.39, 0.29) is 18.1 Å². The van der Waals surface area contributed by atoms with Crippen LogP contribution < -0.4 is 10.9 Å². The van der Waals surface area contributed by atoms with Crippen LogP contribution in [0.25, 0.3) is 21.1 Å². The highest BCUT2D eigenvalue weighted by molar-refractivity contribution is 7.18. The molecule has 0 bridgehead atoms. The Hall–Kier alpha value is -3.36. The monoisotopic (exact) mass is 490 g/mol. The van der Waals surface area contributed by atoms with Crippen LogP contribution in [0.1, 0.15) is 28.0 Å². The van der Waals surface area contributed by atoms with Crippen LogP contribution in [0.3, 0.4) is 0 Å². The van der Waals surface area contributed by atoms with Crippen molar-refractivity contribution in [1.29, 1.82) is 0 Å². The number of fused-ring (bicyclic) bond motifs is 4. The van der Waals surface area contributed by atoms with Crippen LogP contribution in [0.2, 0.25) is 0 Å². The van der Waals surface area contributed by atoms with Gasteiger partial charge in [-0.3, -0.25) is 9.36 Å². The second-order valence-electron chi connectivity index (χ2n) is 9.07. The molecule has 0 spiro atoms. The van der Waals surface area contributed by atoms with Gasteiger partial charge in [0.15, 0.2) is 11.6 Å². The van der Waals surface area contributed by atoms with Gasteiger partial charge in [-0.05, 0) is 48.9 Å². The average molecular weight is 491 g/mol. The van der Waals surface area contributed by atoms with E-state index in [1.807, 2.05) is 24.4 Å². The summed E-state index contributed by atoms with van der Waals surface area (Å²) in [7, 11) is 0. The first-order chi connectivity index (χ1) is 17.1. The molecule has 0 aliphatic heterocycles. The third kappa shape index (κ3) is 4.06. The molecule has 0 amide bonds. The van der Waals surface area contributed by atoms with Crippen LogP contribution in [-0.2, 0) is 32.4 Å². The maximum Gasteiger partial charge on any atom is 0.262 e. The lowest BCUT2D eigenvalue weighted by atomic mass is 9.93. The lowest BCUT2D eigenvalue weighted by molar-refractivity contribution is 0.445. The molecular weight excluding hydrogens is 466 g/mol. The number of nitrogens with zero attached hydrogens (tertiary/aromatic N) is 2. The molecule has 5 aromatic rings. The quantitative estimate of drug-likeness (QED) is 0.348. The molecule has 178 valence electrons. The average Bonchev–Trinajstić information content (AvgIpc) is 3.46. The second kappa shape index (κ2) is 9.02. The summed E-state index contributed by atoms with van der Waals surface area (Å²) in [6, 6.07) is 12.6. The maximum absolute atomic E-state index is 14.0. The molecule has 1 atom stereocenters. The summed E-state index contributed by atoms with van der Waals surface area (Å²) in [5.41, 5.74) is 3.72. The summed E-state index contributed by atoms with van der Waals surface area (Å²) >= 11 is 1.57. The smallest absolute Gasteiger partial charge is 0.262 e. The third-order valence-electron chi connectivity index (χ3n) is 6.95. The zero-order chi connectivity index (χ0) is 23.9. The molecular formula is C27H24F2N4OS. The number of aromatic amines is 1. The lowest BCUT2D eigenvalue weighted by Crippen LogP contribution is -2.34. The lowest BCUT2D eigenvalue weighted by Gasteiger charge is -2.23. The predicted octanol–water partition coefficient (Wildman–Crippen LogP) is 5.11. The zero-order valence-corrected chi connectivity index (χ0v) is 19.8. The number of para-hydroxylation sites is 1.